The molecule has 0 bridgehead atoms. The molecule has 1 aliphatic heterocycles. The Morgan fingerprint density at radius 3 is 2.21 bits per heavy atom. The summed E-state index contributed by atoms with van der Waals surface area (Å²) >= 11 is 5.89. The molecular weight excluding hydrogens is 410 g/mol. The van der Waals surface area contributed by atoms with Crippen molar-refractivity contribution in [3.05, 3.63) is 53.6 Å². The second-order valence-electron chi connectivity index (χ2n) is 6.87. The Balaban J connectivity index is 1.73. The van der Waals surface area contributed by atoms with Crippen molar-refractivity contribution in [3.8, 4) is 0 Å². The van der Waals surface area contributed by atoms with E-state index in [1.165, 1.54) is 12.1 Å². The number of sulfonamides is 1. The van der Waals surface area contributed by atoms with Gasteiger partial charge in [0.1, 0.15) is 0 Å². The van der Waals surface area contributed by atoms with Crippen molar-refractivity contribution in [1.29, 1.82) is 0 Å². The minimum atomic E-state index is -3.82. The van der Waals surface area contributed by atoms with E-state index in [2.05, 4.69) is 26.4 Å². The van der Waals surface area contributed by atoms with Crippen molar-refractivity contribution in [2.24, 2.45) is 0 Å². The van der Waals surface area contributed by atoms with Crippen LogP contribution in [0.1, 0.15) is 6.92 Å². The summed E-state index contributed by atoms with van der Waals surface area (Å²) in [5, 5.41) is 0.476. The van der Waals surface area contributed by atoms with Crippen LogP contribution >= 0.6 is 11.6 Å². The van der Waals surface area contributed by atoms with Gasteiger partial charge in [0.2, 0.25) is 0 Å². The first kappa shape index (κ1) is 19.9. The average molecular weight is 432 g/mol. The SMILES string of the molecule is CCN1CCN(c2nc3ccccc3nc2NS(=O)(=O)c2ccc(Cl)cc2)CC1. The predicted molar refractivity (Wildman–Crippen MR) is 116 cm³/mol. The van der Waals surface area contributed by atoms with Gasteiger partial charge in [-0.1, -0.05) is 30.7 Å². The second-order valence-corrected chi connectivity index (χ2v) is 8.98. The van der Waals surface area contributed by atoms with E-state index >= 15 is 0 Å². The maximum atomic E-state index is 12.9. The molecule has 2 heterocycles. The summed E-state index contributed by atoms with van der Waals surface area (Å²) in [6, 6.07) is 13.5. The van der Waals surface area contributed by atoms with Gasteiger partial charge in [-0.2, -0.15) is 0 Å². The molecule has 2 aromatic carbocycles. The van der Waals surface area contributed by atoms with E-state index in [0.29, 0.717) is 16.4 Å². The topological polar surface area (TPSA) is 78.4 Å². The lowest BCUT2D eigenvalue weighted by atomic mass is 10.3. The molecule has 29 heavy (non-hydrogen) atoms. The van der Waals surface area contributed by atoms with Gasteiger partial charge in [-0.15, -0.1) is 0 Å². The number of likely N-dealkylation sites (N-methyl/N-ethyl adjacent to an activating group) is 1. The van der Waals surface area contributed by atoms with Gasteiger partial charge in [0.15, 0.2) is 11.6 Å². The zero-order valence-electron chi connectivity index (χ0n) is 16.0. The fourth-order valence-corrected chi connectivity index (χ4v) is 4.49. The Bertz CT molecular complexity index is 1110. The number of aromatic nitrogens is 2. The summed E-state index contributed by atoms with van der Waals surface area (Å²) in [4.78, 5) is 13.9. The highest BCUT2D eigenvalue weighted by atomic mass is 35.5. The number of hydrogen-bond donors (Lipinski definition) is 1. The lowest BCUT2D eigenvalue weighted by Gasteiger charge is -2.35. The molecule has 0 unspecified atom stereocenters. The summed E-state index contributed by atoms with van der Waals surface area (Å²) in [5.74, 6) is 0.792. The number of hydrogen-bond acceptors (Lipinski definition) is 6. The second kappa shape index (κ2) is 8.14. The number of anilines is 2. The van der Waals surface area contributed by atoms with E-state index in [1.807, 2.05) is 24.3 Å². The summed E-state index contributed by atoms with van der Waals surface area (Å²) < 4.78 is 28.5. The van der Waals surface area contributed by atoms with Gasteiger partial charge in [0.25, 0.3) is 10.0 Å². The zero-order valence-corrected chi connectivity index (χ0v) is 17.6. The minimum absolute atomic E-state index is 0.124. The Morgan fingerprint density at radius 2 is 1.59 bits per heavy atom. The van der Waals surface area contributed by atoms with Gasteiger partial charge in [-0.3, -0.25) is 4.72 Å². The number of benzene rings is 2. The number of piperazine rings is 1. The van der Waals surface area contributed by atoms with Crippen molar-refractivity contribution in [2.45, 2.75) is 11.8 Å². The molecule has 7 nitrogen and oxygen atoms in total. The molecule has 0 saturated carbocycles. The Labute approximate surface area is 175 Å². The zero-order chi connectivity index (χ0) is 20.4. The number of para-hydroxylation sites is 2. The van der Waals surface area contributed by atoms with Crippen molar-refractivity contribution in [1.82, 2.24) is 14.9 Å². The van der Waals surface area contributed by atoms with Crippen LogP contribution in [0.4, 0.5) is 11.6 Å². The van der Waals surface area contributed by atoms with E-state index in [0.717, 1.165) is 38.2 Å². The summed E-state index contributed by atoms with van der Waals surface area (Å²) in [5.41, 5.74) is 1.37. The normalized spacial score (nSPS) is 15.6. The maximum absolute atomic E-state index is 12.9. The lowest BCUT2D eigenvalue weighted by Crippen LogP contribution is -2.46. The summed E-state index contributed by atoms with van der Waals surface area (Å²) in [6.07, 6.45) is 0. The molecule has 1 saturated heterocycles. The first-order valence-corrected chi connectivity index (χ1v) is 11.3. The molecule has 4 rings (SSSR count). The molecular formula is C20H22ClN5O2S. The average Bonchev–Trinajstić information content (AvgIpc) is 2.73. The van der Waals surface area contributed by atoms with Crippen LogP contribution in [-0.4, -0.2) is 56.0 Å². The Morgan fingerprint density at radius 1 is 0.966 bits per heavy atom. The smallest absolute Gasteiger partial charge is 0.263 e. The molecule has 152 valence electrons. The monoisotopic (exact) mass is 431 g/mol. The molecule has 0 radical (unpaired) electrons. The quantitative estimate of drug-likeness (QED) is 0.668. The van der Waals surface area contributed by atoms with Gasteiger partial charge in [0.05, 0.1) is 15.9 Å². The van der Waals surface area contributed by atoms with Crippen LogP contribution in [-0.2, 0) is 10.0 Å². The van der Waals surface area contributed by atoms with E-state index in [4.69, 9.17) is 16.6 Å². The van der Waals surface area contributed by atoms with Gasteiger partial charge in [-0.05, 0) is 42.9 Å². The number of fused-ring (bicyclic) bond motifs is 1. The molecule has 1 aliphatic rings. The number of nitrogens with one attached hydrogen (secondary N) is 1. The minimum Gasteiger partial charge on any atom is -0.351 e. The van der Waals surface area contributed by atoms with Crippen LogP contribution < -0.4 is 9.62 Å². The first-order valence-electron chi connectivity index (χ1n) is 9.49. The third-order valence-electron chi connectivity index (χ3n) is 5.03. The van der Waals surface area contributed by atoms with Gasteiger partial charge in [0, 0.05) is 31.2 Å². The van der Waals surface area contributed by atoms with E-state index < -0.39 is 10.0 Å². The molecule has 0 atom stereocenters. The number of nitrogens with zero attached hydrogens (tertiary/aromatic N) is 4. The molecule has 0 aliphatic carbocycles. The van der Waals surface area contributed by atoms with E-state index in [-0.39, 0.29) is 10.7 Å². The van der Waals surface area contributed by atoms with Crippen molar-refractivity contribution in [2.75, 3.05) is 42.3 Å². The predicted octanol–water partition coefficient (Wildman–Crippen LogP) is 3.23. The Hall–Kier alpha value is -2.42. The lowest BCUT2D eigenvalue weighted by molar-refractivity contribution is 0.270. The molecule has 9 heteroatoms. The van der Waals surface area contributed by atoms with Crippen LogP contribution in [0.15, 0.2) is 53.4 Å². The van der Waals surface area contributed by atoms with Gasteiger partial charge < -0.3 is 9.80 Å². The van der Waals surface area contributed by atoms with Crippen LogP contribution in [0.5, 0.6) is 0 Å². The fraction of sp³-hybridized carbons (Fsp3) is 0.300. The summed E-state index contributed by atoms with van der Waals surface area (Å²) in [7, 11) is -3.82. The van der Waals surface area contributed by atoms with Crippen LogP contribution in [0.25, 0.3) is 11.0 Å². The highest BCUT2D eigenvalue weighted by Crippen LogP contribution is 2.28. The molecule has 1 aromatic heterocycles. The maximum Gasteiger partial charge on any atom is 0.263 e. The first-order chi connectivity index (χ1) is 14.0. The van der Waals surface area contributed by atoms with Crippen LogP contribution in [0, 0.1) is 0 Å². The molecule has 1 N–H and O–H groups in total. The van der Waals surface area contributed by atoms with Crippen molar-refractivity contribution in [3.63, 3.8) is 0 Å². The third-order valence-corrected chi connectivity index (χ3v) is 6.63. The fourth-order valence-electron chi connectivity index (χ4n) is 3.36. The number of rotatable bonds is 5. The number of halogens is 1. The molecule has 0 amide bonds. The van der Waals surface area contributed by atoms with Crippen molar-refractivity contribution < 1.29 is 8.42 Å². The summed E-state index contributed by atoms with van der Waals surface area (Å²) in [6.45, 7) is 6.44. The highest BCUT2D eigenvalue weighted by molar-refractivity contribution is 7.92. The van der Waals surface area contributed by atoms with Crippen LogP contribution in [0.2, 0.25) is 5.02 Å². The van der Waals surface area contributed by atoms with E-state index in [9.17, 15) is 8.42 Å². The third kappa shape index (κ3) is 4.29. The van der Waals surface area contributed by atoms with Gasteiger partial charge in [-0.25, -0.2) is 18.4 Å². The standard InChI is InChI=1S/C20H22ClN5O2S/c1-2-25-11-13-26(14-12-25)20-19(22-17-5-3-4-6-18(17)23-20)24-29(27,28)16-9-7-15(21)8-10-16/h3-10H,2,11-14H2,1H3,(H,22,24). The van der Waals surface area contributed by atoms with E-state index in [1.54, 1.807) is 12.1 Å². The molecule has 3 aromatic rings. The largest absolute Gasteiger partial charge is 0.351 e. The highest BCUT2D eigenvalue weighted by Gasteiger charge is 2.24. The van der Waals surface area contributed by atoms with Gasteiger partial charge >= 0.3 is 0 Å². The van der Waals surface area contributed by atoms with Crippen LogP contribution in [0.3, 0.4) is 0 Å². The van der Waals surface area contributed by atoms with Crippen molar-refractivity contribution >= 4 is 44.3 Å². The molecule has 1 fully saturated rings. The molecule has 0 spiro atoms. The Kier molecular flexibility index (Phi) is 5.58.